The molecular weight excluding hydrogens is 391 g/mol. The van der Waals surface area contributed by atoms with E-state index >= 15 is 0 Å². The van der Waals surface area contributed by atoms with E-state index in [1.807, 2.05) is 0 Å². The first kappa shape index (κ1) is 19.0. The summed E-state index contributed by atoms with van der Waals surface area (Å²) in [5.74, 6) is -2.13. The lowest BCUT2D eigenvalue weighted by molar-refractivity contribution is 0.0809. The highest BCUT2D eigenvalue weighted by Crippen LogP contribution is 2.35. The lowest BCUT2D eigenvalue weighted by Crippen LogP contribution is -2.49. The van der Waals surface area contributed by atoms with E-state index in [0.717, 1.165) is 12.7 Å². The second-order valence-corrected chi connectivity index (χ2v) is 8.16. The number of nitrogens with zero attached hydrogens (tertiary/aromatic N) is 3. The van der Waals surface area contributed by atoms with Gasteiger partial charge < -0.3 is 20.3 Å². The first-order valence-electron chi connectivity index (χ1n) is 7.69. The second kappa shape index (κ2) is 7.06. The van der Waals surface area contributed by atoms with Gasteiger partial charge in [-0.05, 0) is 19.4 Å². The maximum Gasteiger partial charge on any atom is 0.250 e. The fourth-order valence-corrected chi connectivity index (χ4v) is 3.39. The average Bonchev–Trinajstić information content (AvgIpc) is 2.58. The number of pyridine rings is 1. The first-order valence-corrected chi connectivity index (χ1v) is 9.96. The number of aromatic nitrogens is 3. The Labute approximate surface area is 153 Å². The van der Waals surface area contributed by atoms with Crippen molar-refractivity contribution in [3.63, 3.8) is 0 Å². The van der Waals surface area contributed by atoms with Crippen molar-refractivity contribution in [1.29, 1.82) is 0 Å². The first-order chi connectivity index (χ1) is 12.2. The van der Waals surface area contributed by atoms with Gasteiger partial charge in [0.05, 0.1) is 12.6 Å². The predicted octanol–water partition coefficient (Wildman–Crippen LogP) is 0.418. The molecule has 26 heavy (non-hydrogen) atoms. The van der Waals surface area contributed by atoms with Crippen LogP contribution in [-0.2, 0) is 9.84 Å². The summed E-state index contributed by atoms with van der Waals surface area (Å²) >= 11 is 5.78. The number of halogens is 2. The van der Waals surface area contributed by atoms with Crippen LogP contribution >= 0.6 is 11.6 Å². The molecule has 0 unspecified atom stereocenters. The maximum absolute atomic E-state index is 14.3. The summed E-state index contributed by atoms with van der Waals surface area (Å²) in [5.41, 5.74) is -0.516. The van der Waals surface area contributed by atoms with Crippen molar-refractivity contribution < 1.29 is 27.8 Å². The minimum atomic E-state index is -3.90. The smallest absolute Gasteiger partial charge is 0.250 e. The van der Waals surface area contributed by atoms with E-state index in [-0.39, 0.29) is 23.9 Å². The molecule has 2 aromatic heterocycles. The Bertz CT molecular complexity index is 958. The molecule has 12 heteroatoms. The van der Waals surface area contributed by atoms with E-state index in [4.69, 9.17) is 16.3 Å². The topological polar surface area (TPSA) is 135 Å². The maximum atomic E-state index is 14.3. The summed E-state index contributed by atoms with van der Waals surface area (Å²) in [5, 5.41) is 21.0. The predicted molar refractivity (Wildman–Crippen MR) is 89.6 cm³/mol. The number of sulfone groups is 1. The monoisotopic (exact) mass is 406 g/mol. The molecule has 0 amide bonds. The molecule has 2 aromatic rings. The Hall–Kier alpha value is -1.82. The summed E-state index contributed by atoms with van der Waals surface area (Å²) in [6.45, 7) is 0.508. The molecule has 3 rings (SSSR count). The number of ether oxygens (including phenoxy) is 1. The summed E-state index contributed by atoms with van der Waals surface area (Å²) < 4.78 is 43.4. The zero-order valence-corrected chi connectivity index (χ0v) is 15.2. The quantitative estimate of drug-likeness (QED) is 0.487. The SMILES string of the molecule is CS(=O)(=O)c1nc(O)c2c(O[C@@H]3CCCN[C@@H]3CO)nc(Cl)c(F)c2n1. The number of hydrogen-bond acceptors (Lipinski definition) is 9. The molecule has 0 spiro atoms. The molecule has 142 valence electrons. The Morgan fingerprint density at radius 3 is 2.77 bits per heavy atom. The van der Waals surface area contributed by atoms with Gasteiger partial charge in [-0.1, -0.05) is 11.6 Å². The molecule has 0 saturated carbocycles. The Kier molecular flexibility index (Phi) is 5.15. The molecule has 3 heterocycles. The third kappa shape index (κ3) is 3.52. The fourth-order valence-electron chi connectivity index (χ4n) is 2.72. The van der Waals surface area contributed by atoms with E-state index < -0.39 is 43.5 Å². The molecular formula is C14H16ClFN4O5S. The lowest BCUT2D eigenvalue weighted by Gasteiger charge is -2.31. The van der Waals surface area contributed by atoms with E-state index in [2.05, 4.69) is 20.3 Å². The lowest BCUT2D eigenvalue weighted by atomic mass is 10.0. The number of aliphatic hydroxyl groups is 1. The molecule has 1 aliphatic rings. The van der Waals surface area contributed by atoms with Crippen LogP contribution in [0.3, 0.4) is 0 Å². The van der Waals surface area contributed by atoms with Crippen LogP contribution in [0.1, 0.15) is 12.8 Å². The van der Waals surface area contributed by atoms with Crippen molar-refractivity contribution in [3.05, 3.63) is 11.0 Å². The highest BCUT2D eigenvalue weighted by Gasteiger charge is 2.29. The summed E-state index contributed by atoms with van der Waals surface area (Å²) in [4.78, 5) is 10.9. The summed E-state index contributed by atoms with van der Waals surface area (Å²) in [6, 6.07) is -0.386. The van der Waals surface area contributed by atoms with Crippen molar-refractivity contribution in [3.8, 4) is 11.8 Å². The highest BCUT2D eigenvalue weighted by molar-refractivity contribution is 7.90. The second-order valence-electron chi connectivity index (χ2n) is 5.89. The van der Waals surface area contributed by atoms with Gasteiger partial charge in [-0.15, -0.1) is 0 Å². The fraction of sp³-hybridized carbons (Fsp3) is 0.500. The van der Waals surface area contributed by atoms with Crippen LogP contribution in [0.15, 0.2) is 5.16 Å². The van der Waals surface area contributed by atoms with Crippen molar-refractivity contribution in [2.45, 2.75) is 30.1 Å². The average molecular weight is 407 g/mol. The largest absolute Gasteiger partial charge is 0.493 e. The number of piperidine rings is 1. The Morgan fingerprint density at radius 1 is 1.38 bits per heavy atom. The van der Waals surface area contributed by atoms with Gasteiger partial charge in [0.2, 0.25) is 21.6 Å². The number of aromatic hydroxyl groups is 1. The van der Waals surface area contributed by atoms with E-state index in [1.165, 1.54) is 0 Å². The molecule has 2 atom stereocenters. The number of fused-ring (bicyclic) bond motifs is 1. The minimum absolute atomic E-state index is 0.196. The molecule has 1 aliphatic heterocycles. The van der Waals surface area contributed by atoms with Crippen LogP contribution in [-0.4, -0.2) is 65.1 Å². The number of nitrogens with one attached hydrogen (secondary N) is 1. The summed E-state index contributed by atoms with van der Waals surface area (Å²) in [7, 11) is -3.90. The third-order valence-electron chi connectivity index (χ3n) is 3.98. The van der Waals surface area contributed by atoms with Gasteiger partial charge in [-0.25, -0.2) is 17.8 Å². The number of rotatable bonds is 4. The van der Waals surface area contributed by atoms with Gasteiger partial charge in [-0.3, -0.25) is 0 Å². The van der Waals surface area contributed by atoms with Crippen molar-refractivity contribution in [2.24, 2.45) is 0 Å². The van der Waals surface area contributed by atoms with Crippen LogP contribution in [0.5, 0.6) is 11.8 Å². The van der Waals surface area contributed by atoms with Gasteiger partial charge in [0, 0.05) is 6.26 Å². The Balaban J connectivity index is 2.15. The van der Waals surface area contributed by atoms with Gasteiger partial charge in [0.1, 0.15) is 17.0 Å². The van der Waals surface area contributed by atoms with Crippen molar-refractivity contribution in [1.82, 2.24) is 20.3 Å². The molecule has 1 fully saturated rings. The molecule has 9 nitrogen and oxygen atoms in total. The van der Waals surface area contributed by atoms with Crippen LogP contribution in [0.25, 0.3) is 10.9 Å². The van der Waals surface area contributed by atoms with Crippen molar-refractivity contribution in [2.75, 3.05) is 19.4 Å². The van der Waals surface area contributed by atoms with Crippen molar-refractivity contribution >= 4 is 32.3 Å². The van der Waals surface area contributed by atoms with Crippen LogP contribution in [0, 0.1) is 5.82 Å². The third-order valence-corrected chi connectivity index (χ3v) is 5.08. The van der Waals surface area contributed by atoms with Gasteiger partial charge >= 0.3 is 0 Å². The molecule has 1 saturated heterocycles. The standard InChI is InChI=1S/C14H16ClFN4O5S/c1-26(23,24)14-18-10-8(12(22)20-14)13(19-11(15)9(10)16)25-7-3-2-4-17-6(7)5-21/h6-7,17,21H,2-5H2,1H3,(H,18,20,22)/t6-,7-/m1/s1. The van der Waals surface area contributed by atoms with Crippen LogP contribution in [0.2, 0.25) is 5.15 Å². The normalized spacial score (nSPS) is 21.1. The summed E-state index contributed by atoms with van der Waals surface area (Å²) in [6.07, 6.45) is 1.67. The number of hydrogen-bond donors (Lipinski definition) is 3. The van der Waals surface area contributed by atoms with Crippen LogP contribution < -0.4 is 10.1 Å². The van der Waals surface area contributed by atoms with E-state index in [1.54, 1.807) is 0 Å². The van der Waals surface area contributed by atoms with Gasteiger partial charge in [-0.2, -0.15) is 9.97 Å². The van der Waals surface area contributed by atoms with Gasteiger partial charge in [0.25, 0.3) is 5.16 Å². The molecule has 0 bridgehead atoms. The zero-order chi connectivity index (χ0) is 19.1. The minimum Gasteiger partial charge on any atom is -0.493 e. The van der Waals surface area contributed by atoms with Crippen LogP contribution in [0.4, 0.5) is 4.39 Å². The zero-order valence-electron chi connectivity index (χ0n) is 13.6. The molecule has 0 aromatic carbocycles. The molecule has 0 aliphatic carbocycles. The molecule has 3 N–H and O–H groups in total. The molecule has 0 radical (unpaired) electrons. The van der Waals surface area contributed by atoms with E-state index in [0.29, 0.717) is 13.0 Å². The highest BCUT2D eigenvalue weighted by atomic mass is 35.5. The Morgan fingerprint density at radius 2 is 2.12 bits per heavy atom. The van der Waals surface area contributed by atoms with Gasteiger partial charge in [0.15, 0.2) is 11.0 Å². The van der Waals surface area contributed by atoms with E-state index in [9.17, 15) is 23.0 Å². The number of aliphatic hydroxyl groups excluding tert-OH is 1.